The third-order valence-electron chi connectivity index (χ3n) is 1.46. The third kappa shape index (κ3) is 1.83. The van der Waals surface area contributed by atoms with Gasteiger partial charge in [0, 0.05) is 0 Å². The van der Waals surface area contributed by atoms with E-state index in [-0.39, 0.29) is 12.6 Å². The van der Waals surface area contributed by atoms with Gasteiger partial charge in [-0.05, 0) is 6.92 Å². The van der Waals surface area contributed by atoms with E-state index in [1.807, 2.05) is 0 Å². The van der Waals surface area contributed by atoms with Gasteiger partial charge in [-0.1, -0.05) is 0 Å². The van der Waals surface area contributed by atoms with Crippen molar-refractivity contribution in [1.29, 1.82) is 0 Å². The summed E-state index contributed by atoms with van der Waals surface area (Å²) in [6.45, 7) is 1.10. The number of aliphatic hydroxyl groups excluding tert-OH is 2. The lowest BCUT2D eigenvalue weighted by atomic mass is 9.94. The highest BCUT2D eigenvalue weighted by Crippen LogP contribution is 2.11. The number of aliphatic hydroxyl groups is 3. The van der Waals surface area contributed by atoms with E-state index in [1.54, 1.807) is 0 Å². The van der Waals surface area contributed by atoms with Crippen molar-refractivity contribution in [3.8, 4) is 0 Å². The first-order valence-corrected chi connectivity index (χ1v) is 2.99. The molecule has 0 aromatic carbocycles. The highest BCUT2D eigenvalue weighted by molar-refractivity contribution is 5.73. The van der Waals surface area contributed by atoms with Crippen molar-refractivity contribution in [1.82, 2.24) is 0 Å². The Kier molecular flexibility index (Phi) is 3.31. The summed E-state index contributed by atoms with van der Waals surface area (Å²) in [6, 6.07) is 0. The lowest BCUT2D eigenvalue weighted by Gasteiger charge is -2.26. The Labute approximate surface area is 63.3 Å². The molecule has 0 aromatic heterocycles. The van der Waals surface area contributed by atoms with Gasteiger partial charge in [0.1, 0.15) is 6.10 Å². The van der Waals surface area contributed by atoms with E-state index in [2.05, 4.69) is 0 Å². The fourth-order valence-electron chi connectivity index (χ4n) is 0.524. The fraction of sp³-hybridized carbons (Fsp3) is 0.667. The van der Waals surface area contributed by atoms with E-state index in [9.17, 15) is 9.59 Å². The number of carbonyl (C=O) groups excluding carboxylic acids is 2. The van der Waals surface area contributed by atoms with Crippen LogP contribution in [0.1, 0.15) is 6.92 Å². The molecule has 11 heavy (non-hydrogen) atoms. The van der Waals surface area contributed by atoms with E-state index in [0.29, 0.717) is 0 Å². The van der Waals surface area contributed by atoms with E-state index in [4.69, 9.17) is 15.3 Å². The maximum absolute atomic E-state index is 10.1. The summed E-state index contributed by atoms with van der Waals surface area (Å²) in [4.78, 5) is 20.1. The van der Waals surface area contributed by atoms with Gasteiger partial charge in [0.05, 0.1) is 6.10 Å². The second-order valence-electron chi connectivity index (χ2n) is 2.26. The topological polar surface area (TPSA) is 94.8 Å². The van der Waals surface area contributed by atoms with Crippen LogP contribution < -0.4 is 0 Å². The smallest absolute Gasteiger partial charge is 0.178 e. The van der Waals surface area contributed by atoms with Gasteiger partial charge < -0.3 is 20.1 Å². The highest BCUT2D eigenvalue weighted by Gasteiger charge is 2.40. The molecule has 0 heterocycles. The van der Waals surface area contributed by atoms with Crippen molar-refractivity contribution >= 4 is 12.6 Å². The van der Waals surface area contributed by atoms with Gasteiger partial charge in [0.2, 0.25) is 0 Å². The predicted octanol–water partition coefficient (Wildman–Crippen LogP) is -2.14. The lowest BCUT2D eigenvalue weighted by molar-refractivity contribution is -0.160. The SMILES string of the molecule is C[C@@H](O)[C@@](O)(C=O)[C@H](O)C=O. The molecule has 0 saturated carbocycles. The summed E-state index contributed by atoms with van der Waals surface area (Å²) in [5, 5.41) is 26.6. The second kappa shape index (κ2) is 3.56. The number of hydrogen-bond acceptors (Lipinski definition) is 5. The molecule has 0 aliphatic carbocycles. The van der Waals surface area contributed by atoms with Crippen LogP contribution >= 0.6 is 0 Å². The van der Waals surface area contributed by atoms with E-state index in [0.717, 1.165) is 6.92 Å². The summed E-state index contributed by atoms with van der Waals surface area (Å²) >= 11 is 0. The molecule has 5 nitrogen and oxygen atoms in total. The Balaban J connectivity index is 4.57. The lowest BCUT2D eigenvalue weighted by Crippen LogP contribution is -2.53. The predicted molar refractivity (Wildman–Crippen MR) is 34.8 cm³/mol. The van der Waals surface area contributed by atoms with Gasteiger partial charge in [-0.3, -0.25) is 4.79 Å². The maximum atomic E-state index is 10.1. The molecule has 0 radical (unpaired) electrons. The molecule has 0 unspecified atom stereocenters. The van der Waals surface area contributed by atoms with Gasteiger partial charge in [-0.15, -0.1) is 0 Å². The first kappa shape index (κ1) is 10.2. The highest BCUT2D eigenvalue weighted by atomic mass is 16.4. The van der Waals surface area contributed by atoms with Crippen LogP contribution in [0.5, 0.6) is 0 Å². The van der Waals surface area contributed by atoms with E-state index in [1.165, 1.54) is 0 Å². The molecule has 0 saturated heterocycles. The van der Waals surface area contributed by atoms with Crippen LogP contribution in [0, 0.1) is 0 Å². The zero-order valence-electron chi connectivity index (χ0n) is 5.97. The molecule has 0 spiro atoms. The Morgan fingerprint density at radius 3 is 1.91 bits per heavy atom. The van der Waals surface area contributed by atoms with Crippen LogP contribution in [0.15, 0.2) is 0 Å². The number of rotatable bonds is 4. The fourth-order valence-corrected chi connectivity index (χ4v) is 0.524. The van der Waals surface area contributed by atoms with Crippen molar-refractivity contribution in [2.75, 3.05) is 0 Å². The van der Waals surface area contributed by atoms with Crippen molar-refractivity contribution in [2.24, 2.45) is 0 Å². The van der Waals surface area contributed by atoms with Gasteiger partial charge in [-0.2, -0.15) is 0 Å². The van der Waals surface area contributed by atoms with Crippen molar-refractivity contribution < 1.29 is 24.9 Å². The molecule has 0 aliphatic heterocycles. The Morgan fingerprint density at radius 2 is 1.82 bits per heavy atom. The minimum absolute atomic E-state index is 0.0128. The minimum Gasteiger partial charge on any atom is -0.390 e. The first-order chi connectivity index (χ1) is 4.99. The zero-order valence-corrected chi connectivity index (χ0v) is 5.97. The maximum Gasteiger partial charge on any atom is 0.178 e. The monoisotopic (exact) mass is 162 g/mol. The van der Waals surface area contributed by atoms with E-state index < -0.39 is 17.8 Å². The van der Waals surface area contributed by atoms with Gasteiger partial charge in [0.15, 0.2) is 18.2 Å². The molecule has 64 valence electrons. The van der Waals surface area contributed by atoms with Crippen LogP contribution in [0.25, 0.3) is 0 Å². The Morgan fingerprint density at radius 1 is 1.36 bits per heavy atom. The summed E-state index contributed by atoms with van der Waals surface area (Å²) in [5.74, 6) is 0. The molecule has 5 heteroatoms. The average Bonchev–Trinajstić information content (AvgIpc) is 2.01. The third-order valence-corrected chi connectivity index (χ3v) is 1.46. The summed E-state index contributed by atoms with van der Waals surface area (Å²) in [5.41, 5.74) is -2.39. The molecule has 0 aliphatic rings. The van der Waals surface area contributed by atoms with Crippen LogP contribution in [0.2, 0.25) is 0 Å². The average molecular weight is 162 g/mol. The zero-order chi connectivity index (χ0) is 9.07. The van der Waals surface area contributed by atoms with Crippen LogP contribution in [-0.4, -0.2) is 45.7 Å². The molecular formula is C6H10O5. The van der Waals surface area contributed by atoms with Crippen molar-refractivity contribution in [3.05, 3.63) is 0 Å². The molecule has 0 amide bonds. The Bertz CT molecular complexity index is 155. The van der Waals surface area contributed by atoms with Crippen LogP contribution in [0.4, 0.5) is 0 Å². The summed E-state index contributed by atoms with van der Waals surface area (Å²) in [7, 11) is 0. The van der Waals surface area contributed by atoms with E-state index >= 15 is 0 Å². The number of aldehydes is 2. The standard InChI is InChI=1S/C6H10O5/c1-4(9)6(11,3-8)5(10)2-7/h2-5,9-11H,1H3/t4-,5-,6+/m1/s1. The van der Waals surface area contributed by atoms with Crippen molar-refractivity contribution in [3.63, 3.8) is 0 Å². The van der Waals surface area contributed by atoms with Gasteiger partial charge in [0.25, 0.3) is 0 Å². The summed E-state index contributed by atoms with van der Waals surface area (Å²) in [6.07, 6.45) is -3.45. The molecule has 3 atom stereocenters. The van der Waals surface area contributed by atoms with Gasteiger partial charge in [-0.25, -0.2) is 0 Å². The minimum atomic E-state index is -2.39. The van der Waals surface area contributed by atoms with Crippen LogP contribution in [-0.2, 0) is 9.59 Å². The van der Waals surface area contributed by atoms with Crippen LogP contribution in [0.3, 0.4) is 0 Å². The largest absolute Gasteiger partial charge is 0.390 e. The van der Waals surface area contributed by atoms with Crippen molar-refractivity contribution in [2.45, 2.75) is 24.7 Å². The van der Waals surface area contributed by atoms with Gasteiger partial charge >= 0.3 is 0 Å². The quantitative estimate of drug-likeness (QED) is 0.410. The number of carbonyl (C=O) groups is 2. The molecule has 0 rings (SSSR count). The second-order valence-corrected chi connectivity index (χ2v) is 2.26. The molecule has 0 bridgehead atoms. The normalized spacial score (nSPS) is 21.5. The summed E-state index contributed by atoms with van der Waals surface area (Å²) < 4.78 is 0. The molecule has 3 N–H and O–H groups in total. The molecule has 0 aromatic rings. The first-order valence-electron chi connectivity index (χ1n) is 2.99. The molecular weight excluding hydrogens is 152 g/mol. The number of hydrogen-bond donors (Lipinski definition) is 3. The molecule has 0 fully saturated rings. The Hall–Kier alpha value is -0.780.